The van der Waals surface area contributed by atoms with Gasteiger partial charge in [-0.25, -0.2) is 4.79 Å². The van der Waals surface area contributed by atoms with E-state index in [9.17, 15) is 19.2 Å². The number of benzene rings is 1. The molecule has 0 aromatic heterocycles. The molecular weight excluding hydrogens is 368 g/mol. The fraction of sp³-hybridized carbons (Fsp3) is 0.474. The first-order valence-corrected chi connectivity index (χ1v) is 8.89. The molecule has 152 valence electrons. The average Bonchev–Trinajstić information content (AvgIpc) is 2.65. The van der Waals surface area contributed by atoms with Gasteiger partial charge in [0.1, 0.15) is 11.8 Å². The SMILES string of the molecule is COC(=O)[C@@H](CC(C)C)NC(=O)COC(=O)C[C@@H]1Oc2ccccc2NC1=O. The van der Waals surface area contributed by atoms with E-state index in [4.69, 9.17) is 9.47 Å². The Bertz CT molecular complexity index is 748. The Morgan fingerprint density at radius 1 is 1.25 bits per heavy atom. The van der Waals surface area contributed by atoms with Crippen molar-refractivity contribution in [1.29, 1.82) is 0 Å². The molecule has 2 atom stereocenters. The Labute approximate surface area is 162 Å². The molecule has 0 aliphatic carbocycles. The first-order chi connectivity index (χ1) is 13.3. The van der Waals surface area contributed by atoms with Crippen LogP contribution in [0.3, 0.4) is 0 Å². The monoisotopic (exact) mass is 392 g/mol. The van der Waals surface area contributed by atoms with Gasteiger partial charge in [0.25, 0.3) is 11.8 Å². The lowest BCUT2D eigenvalue weighted by Crippen LogP contribution is -2.44. The predicted molar refractivity (Wildman–Crippen MR) is 98.5 cm³/mol. The molecule has 2 rings (SSSR count). The molecule has 1 aliphatic heterocycles. The van der Waals surface area contributed by atoms with Crippen molar-refractivity contribution in [2.75, 3.05) is 19.0 Å². The maximum atomic E-state index is 12.0. The van der Waals surface area contributed by atoms with Crippen LogP contribution in [0.25, 0.3) is 0 Å². The summed E-state index contributed by atoms with van der Waals surface area (Å²) in [5.41, 5.74) is 0.524. The van der Waals surface area contributed by atoms with E-state index in [0.29, 0.717) is 17.9 Å². The minimum absolute atomic E-state index is 0.150. The molecule has 0 fully saturated rings. The topological polar surface area (TPSA) is 120 Å². The molecule has 2 N–H and O–H groups in total. The van der Waals surface area contributed by atoms with Gasteiger partial charge in [0.15, 0.2) is 12.7 Å². The van der Waals surface area contributed by atoms with Crippen LogP contribution in [-0.2, 0) is 28.7 Å². The molecule has 0 spiro atoms. The fourth-order valence-corrected chi connectivity index (χ4v) is 2.65. The molecule has 1 aliphatic rings. The molecule has 2 amide bonds. The lowest BCUT2D eigenvalue weighted by Gasteiger charge is -2.25. The summed E-state index contributed by atoms with van der Waals surface area (Å²) in [6, 6.07) is 6.02. The van der Waals surface area contributed by atoms with Gasteiger partial charge < -0.3 is 24.8 Å². The lowest BCUT2D eigenvalue weighted by atomic mass is 10.0. The molecule has 0 radical (unpaired) electrons. The summed E-state index contributed by atoms with van der Waals surface area (Å²) in [6.45, 7) is 3.22. The Hall–Kier alpha value is -3.10. The van der Waals surface area contributed by atoms with Crippen molar-refractivity contribution in [2.45, 2.75) is 38.8 Å². The third-order valence-electron chi connectivity index (χ3n) is 3.95. The number of carbonyl (C=O) groups excluding carboxylic acids is 4. The standard InChI is InChI=1S/C19H24N2O7/c1-11(2)8-13(19(25)26-3)20-16(22)10-27-17(23)9-15-18(24)21-12-6-4-5-7-14(12)28-15/h4-7,11,13,15H,8-10H2,1-3H3,(H,20,22)(H,21,24)/t13-,15+/m1/s1. The van der Waals surface area contributed by atoms with Crippen molar-refractivity contribution in [3.05, 3.63) is 24.3 Å². The highest BCUT2D eigenvalue weighted by molar-refractivity contribution is 5.99. The summed E-state index contributed by atoms with van der Waals surface area (Å²) < 4.78 is 15.1. The first-order valence-electron chi connectivity index (χ1n) is 8.89. The van der Waals surface area contributed by atoms with Gasteiger partial charge in [-0.2, -0.15) is 0 Å². The highest BCUT2D eigenvalue weighted by atomic mass is 16.5. The number of carbonyl (C=O) groups is 4. The van der Waals surface area contributed by atoms with E-state index >= 15 is 0 Å². The van der Waals surface area contributed by atoms with Gasteiger partial charge in [0.2, 0.25) is 0 Å². The van der Waals surface area contributed by atoms with Crippen LogP contribution in [0.15, 0.2) is 24.3 Å². The van der Waals surface area contributed by atoms with Gasteiger partial charge in [-0.15, -0.1) is 0 Å². The maximum Gasteiger partial charge on any atom is 0.328 e. The maximum absolute atomic E-state index is 12.0. The average molecular weight is 392 g/mol. The van der Waals surface area contributed by atoms with Crippen LogP contribution < -0.4 is 15.4 Å². The number of nitrogens with one attached hydrogen (secondary N) is 2. The smallest absolute Gasteiger partial charge is 0.328 e. The van der Waals surface area contributed by atoms with Crippen LogP contribution >= 0.6 is 0 Å². The zero-order chi connectivity index (χ0) is 20.7. The molecule has 1 aromatic rings. The summed E-state index contributed by atoms with van der Waals surface area (Å²) in [7, 11) is 1.23. The van der Waals surface area contributed by atoms with Crippen LogP contribution in [-0.4, -0.2) is 49.6 Å². The van der Waals surface area contributed by atoms with Crippen molar-refractivity contribution in [2.24, 2.45) is 5.92 Å². The number of esters is 2. The first kappa shape index (κ1) is 21.2. The molecule has 0 bridgehead atoms. The summed E-state index contributed by atoms with van der Waals surface area (Å²) >= 11 is 0. The van der Waals surface area contributed by atoms with E-state index in [0.717, 1.165) is 0 Å². The number of fused-ring (bicyclic) bond motifs is 1. The lowest BCUT2D eigenvalue weighted by molar-refractivity contribution is -0.152. The van der Waals surface area contributed by atoms with Crippen LogP contribution in [0.1, 0.15) is 26.7 Å². The molecule has 9 heteroatoms. The van der Waals surface area contributed by atoms with Crippen LogP contribution in [0, 0.1) is 5.92 Å². The minimum atomic E-state index is -1.05. The zero-order valence-corrected chi connectivity index (χ0v) is 16.0. The van der Waals surface area contributed by atoms with Gasteiger partial charge >= 0.3 is 11.9 Å². The summed E-state index contributed by atoms with van der Waals surface area (Å²) in [5.74, 6) is -1.84. The number of hydrogen-bond acceptors (Lipinski definition) is 7. The van der Waals surface area contributed by atoms with Crippen molar-refractivity contribution >= 4 is 29.4 Å². The summed E-state index contributed by atoms with van der Waals surface area (Å²) in [4.78, 5) is 47.7. The Kier molecular flexibility index (Phi) is 7.36. The molecule has 1 heterocycles. The van der Waals surface area contributed by atoms with Gasteiger partial charge in [-0.3, -0.25) is 14.4 Å². The number of amides is 2. The quantitative estimate of drug-likeness (QED) is 0.634. The van der Waals surface area contributed by atoms with Gasteiger partial charge in [-0.1, -0.05) is 26.0 Å². The number of para-hydroxylation sites is 2. The van der Waals surface area contributed by atoms with Crippen LogP contribution in [0.5, 0.6) is 5.75 Å². The Balaban J connectivity index is 1.82. The van der Waals surface area contributed by atoms with E-state index in [1.165, 1.54) is 7.11 Å². The number of hydrogen-bond donors (Lipinski definition) is 2. The second-order valence-corrected chi connectivity index (χ2v) is 6.73. The third-order valence-corrected chi connectivity index (χ3v) is 3.95. The summed E-state index contributed by atoms with van der Waals surface area (Å²) in [5, 5.41) is 5.12. The molecular formula is C19H24N2O7. The van der Waals surface area contributed by atoms with Crippen LogP contribution in [0.2, 0.25) is 0 Å². The molecule has 9 nitrogen and oxygen atoms in total. The van der Waals surface area contributed by atoms with E-state index < -0.39 is 42.5 Å². The molecule has 0 saturated carbocycles. The number of anilines is 1. The second kappa shape index (κ2) is 9.72. The third kappa shape index (κ3) is 5.97. The molecule has 0 unspecified atom stereocenters. The number of methoxy groups -OCH3 is 1. The molecule has 28 heavy (non-hydrogen) atoms. The highest BCUT2D eigenvalue weighted by Crippen LogP contribution is 2.29. The highest BCUT2D eigenvalue weighted by Gasteiger charge is 2.30. The summed E-state index contributed by atoms with van der Waals surface area (Å²) in [6.07, 6.45) is -1.00. The zero-order valence-electron chi connectivity index (χ0n) is 16.0. The van der Waals surface area contributed by atoms with E-state index in [-0.39, 0.29) is 12.3 Å². The van der Waals surface area contributed by atoms with E-state index in [1.54, 1.807) is 24.3 Å². The predicted octanol–water partition coefficient (Wildman–Crippen LogP) is 1.02. The Morgan fingerprint density at radius 2 is 1.96 bits per heavy atom. The van der Waals surface area contributed by atoms with Crippen molar-refractivity contribution in [3.63, 3.8) is 0 Å². The van der Waals surface area contributed by atoms with E-state index in [1.807, 2.05) is 13.8 Å². The van der Waals surface area contributed by atoms with Gasteiger partial charge in [0, 0.05) is 0 Å². The Morgan fingerprint density at radius 3 is 2.64 bits per heavy atom. The molecule has 1 aromatic carbocycles. The largest absolute Gasteiger partial charge is 0.478 e. The van der Waals surface area contributed by atoms with Gasteiger partial charge in [-0.05, 0) is 24.5 Å². The van der Waals surface area contributed by atoms with Crippen molar-refractivity contribution in [1.82, 2.24) is 5.32 Å². The number of ether oxygens (including phenoxy) is 3. The van der Waals surface area contributed by atoms with E-state index in [2.05, 4.69) is 15.4 Å². The van der Waals surface area contributed by atoms with Gasteiger partial charge in [0.05, 0.1) is 19.2 Å². The van der Waals surface area contributed by atoms with Crippen LogP contribution in [0.4, 0.5) is 5.69 Å². The van der Waals surface area contributed by atoms with Crippen molar-refractivity contribution < 1.29 is 33.4 Å². The fourth-order valence-electron chi connectivity index (χ4n) is 2.65. The number of rotatable bonds is 8. The normalized spacial score (nSPS) is 16.3. The van der Waals surface area contributed by atoms with Crippen molar-refractivity contribution in [3.8, 4) is 5.75 Å². The minimum Gasteiger partial charge on any atom is -0.478 e. The molecule has 0 saturated heterocycles. The second-order valence-electron chi connectivity index (χ2n) is 6.73.